The Labute approximate surface area is 79.9 Å². The monoisotopic (exact) mass is 201 g/mol. The molecular weight excluding hydrogens is 194 g/mol. The summed E-state index contributed by atoms with van der Waals surface area (Å²) in [4.78, 5) is 10.5. The minimum atomic E-state index is -0.581. The smallest absolute Gasteiger partial charge is 0.152 e. The van der Waals surface area contributed by atoms with E-state index in [1.807, 2.05) is 0 Å². The highest BCUT2D eigenvalue weighted by molar-refractivity contribution is 6.31. The van der Waals surface area contributed by atoms with Gasteiger partial charge < -0.3 is 5.11 Å². The van der Waals surface area contributed by atoms with Gasteiger partial charge in [-0.05, 0) is 18.2 Å². The molecule has 5 heteroatoms. The van der Waals surface area contributed by atoms with Gasteiger partial charge in [-0.3, -0.25) is 10.0 Å². The second kappa shape index (κ2) is 4.23. The first-order valence-corrected chi connectivity index (χ1v) is 3.89. The Morgan fingerprint density at radius 3 is 2.77 bits per heavy atom. The first-order chi connectivity index (χ1) is 6.19. The Balaban J connectivity index is 3.13. The zero-order valence-electron chi connectivity index (χ0n) is 6.64. The number of rotatable bonds is 3. The summed E-state index contributed by atoms with van der Waals surface area (Å²) in [6, 6.07) is 4.37. The number of hydrogen-bond acceptors (Lipinski definition) is 4. The lowest BCUT2D eigenvalue weighted by atomic mass is 10.2. The van der Waals surface area contributed by atoms with Crippen molar-refractivity contribution in [3.05, 3.63) is 28.8 Å². The minimum absolute atomic E-state index is 0.224. The standard InChI is InChI=1S/C8H8ClNO3/c9-7-1-2-8(10(13)5-12)6(3-7)4-11/h1-4,12-13H,5H2. The van der Waals surface area contributed by atoms with Crippen molar-refractivity contribution in [3.8, 4) is 0 Å². The molecule has 13 heavy (non-hydrogen) atoms. The van der Waals surface area contributed by atoms with Crippen molar-refractivity contribution in [1.82, 2.24) is 0 Å². The summed E-state index contributed by atoms with van der Waals surface area (Å²) in [6.07, 6.45) is 0.556. The molecule has 1 aromatic carbocycles. The van der Waals surface area contributed by atoms with Crippen molar-refractivity contribution < 1.29 is 15.1 Å². The van der Waals surface area contributed by atoms with Crippen molar-refractivity contribution in [1.29, 1.82) is 0 Å². The summed E-state index contributed by atoms with van der Waals surface area (Å²) in [5.74, 6) is 0. The molecule has 1 rings (SSSR count). The average molecular weight is 202 g/mol. The SMILES string of the molecule is O=Cc1cc(Cl)ccc1N(O)CO. The number of anilines is 1. The topological polar surface area (TPSA) is 60.8 Å². The number of aldehydes is 1. The van der Waals surface area contributed by atoms with Crippen LogP contribution in [-0.4, -0.2) is 23.3 Å². The second-order valence-electron chi connectivity index (χ2n) is 2.36. The highest BCUT2D eigenvalue weighted by Crippen LogP contribution is 2.21. The number of benzene rings is 1. The molecule has 2 N–H and O–H groups in total. The fourth-order valence-corrected chi connectivity index (χ4v) is 1.11. The molecule has 0 saturated heterocycles. The molecule has 0 bridgehead atoms. The van der Waals surface area contributed by atoms with Crippen molar-refractivity contribution in [2.75, 3.05) is 11.8 Å². The first-order valence-electron chi connectivity index (χ1n) is 3.51. The van der Waals surface area contributed by atoms with E-state index in [1.54, 1.807) is 0 Å². The summed E-state index contributed by atoms with van der Waals surface area (Å²) in [5, 5.41) is 18.7. The van der Waals surface area contributed by atoms with Gasteiger partial charge in [-0.15, -0.1) is 0 Å². The Bertz CT molecular complexity index is 316. The maximum atomic E-state index is 10.5. The van der Waals surface area contributed by atoms with Gasteiger partial charge in [-0.25, -0.2) is 5.06 Å². The first kappa shape index (κ1) is 9.98. The molecule has 1 aromatic rings. The molecule has 0 radical (unpaired) electrons. The highest BCUT2D eigenvalue weighted by atomic mass is 35.5. The Morgan fingerprint density at radius 1 is 1.54 bits per heavy atom. The molecule has 0 fully saturated rings. The molecule has 0 atom stereocenters. The van der Waals surface area contributed by atoms with E-state index in [0.29, 0.717) is 16.4 Å². The Hall–Kier alpha value is -1.10. The van der Waals surface area contributed by atoms with E-state index in [9.17, 15) is 4.79 Å². The third kappa shape index (κ3) is 2.18. The fraction of sp³-hybridized carbons (Fsp3) is 0.125. The quantitative estimate of drug-likeness (QED) is 0.440. The average Bonchev–Trinajstić information content (AvgIpc) is 2.16. The molecule has 0 amide bonds. The van der Waals surface area contributed by atoms with Crippen LogP contribution in [0.25, 0.3) is 0 Å². The van der Waals surface area contributed by atoms with Gasteiger partial charge in [0.2, 0.25) is 0 Å². The molecule has 0 aliphatic rings. The van der Waals surface area contributed by atoms with Crippen molar-refractivity contribution in [2.45, 2.75) is 0 Å². The van der Waals surface area contributed by atoms with Crippen LogP contribution in [0, 0.1) is 0 Å². The number of halogens is 1. The van der Waals surface area contributed by atoms with Crippen LogP contribution < -0.4 is 5.06 Å². The third-order valence-corrected chi connectivity index (χ3v) is 1.76. The number of aliphatic hydroxyl groups excluding tert-OH is 1. The van der Waals surface area contributed by atoms with Gasteiger partial charge in [0.1, 0.15) is 6.73 Å². The summed E-state index contributed by atoms with van der Waals surface area (Å²) in [6.45, 7) is -0.581. The molecule has 0 aliphatic carbocycles. The van der Waals surface area contributed by atoms with Crippen LogP contribution in [0.2, 0.25) is 5.02 Å². The van der Waals surface area contributed by atoms with E-state index in [-0.39, 0.29) is 11.3 Å². The van der Waals surface area contributed by atoms with Gasteiger partial charge >= 0.3 is 0 Å². The zero-order valence-corrected chi connectivity index (χ0v) is 7.40. The largest absolute Gasteiger partial charge is 0.374 e. The molecule has 70 valence electrons. The molecule has 0 spiro atoms. The Kier molecular flexibility index (Phi) is 3.25. The van der Waals surface area contributed by atoms with Crippen molar-refractivity contribution in [2.24, 2.45) is 0 Å². The number of nitrogens with zero attached hydrogens (tertiary/aromatic N) is 1. The van der Waals surface area contributed by atoms with Crippen molar-refractivity contribution >= 4 is 23.6 Å². The van der Waals surface area contributed by atoms with Gasteiger partial charge in [-0.1, -0.05) is 11.6 Å². The lowest BCUT2D eigenvalue weighted by Gasteiger charge is -2.15. The van der Waals surface area contributed by atoms with Crippen LogP contribution in [0.1, 0.15) is 10.4 Å². The molecule has 0 aliphatic heterocycles. The lowest BCUT2D eigenvalue weighted by molar-refractivity contribution is 0.111. The fourth-order valence-electron chi connectivity index (χ4n) is 0.931. The summed E-state index contributed by atoms with van der Waals surface area (Å²) in [5.41, 5.74) is 0.450. The van der Waals surface area contributed by atoms with E-state index in [1.165, 1.54) is 18.2 Å². The van der Waals surface area contributed by atoms with Crippen LogP contribution in [0.15, 0.2) is 18.2 Å². The van der Waals surface area contributed by atoms with Gasteiger partial charge in [0.25, 0.3) is 0 Å². The van der Waals surface area contributed by atoms with Gasteiger partial charge in [-0.2, -0.15) is 0 Å². The van der Waals surface area contributed by atoms with E-state index >= 15 is 0 Å². The van der Waals surface area contributed by atoms with Crippen LogP contribution in [0.5, 0.6) is 0 Å². The molecule has 0 heterocycles. The van der Waals surface area contributed by atoms with Gasteiger partial charge in [0.05, 0.1) is 5.69 Å². The third-order valence-electron chi connectivity index (χ3n) is 1.53. The molecule has 0 unspecified atom stereocenters. The van der Waals surface area contributed by atoms with Crippen molar-refractivity contribution in [3.63, 3.8) is 0 Å². The molecule has 4 nitrogen and oxygen atoms in total. The van der Waals surface area contributed by atoms with E-state index in [4.69, 9.17) is 21.9 Å². The Morgan fingerprint density at radius 2 is 2.23 bits per heavy atom. The maximum Gasteiger partial charge on any atom is 0.152 e. The second-order valence-corrected chi connectivity index (χ2v) is 2.80. The number of carbonyl (C=O) groups excluding carboxylic acids is 1. The highest BCUT2D eigenvalue weighted by Gasteiger charge is 2.07. The molecule has 0 aromatic heterocycles. The van der Waals surface area contributed by atoms with Gasteiger partial charge in [0, 0.05) is 10.6 Å². The molecular formula is C8H8ClNO3. The van der Waals surface area contributed by atoms with Crippen LogP contribution in [0.3, 0.4) is 0 Å². The van der Waals surface area contributed by atoms with E-state index < -0.39 is 6.73 Å². The predicted octanol–water partition coefficient (Wildman–Crippen LogP) is 1.30. The predicted molar refractivity (Wildman–Crippen MR) is 48.2 cm³/mol. The van der Waals surface area contributed by atoms with Gasteiger partial charge in [0.15, 0.2) is 6.29 Å². The molecule has 0 saturated carbocycles. The minimum Gasteiger partial charge on any atom is -0.374 e. The maximum absolute atomic E-state index is 10.5. The van der Waals surface area contributed by atoms with Crippen LogP contribution in [-0.2, 0) is 0 Å². The van der Waals surface area contributed by atoms with E-state index in [2.05, 4.69) is 0 Å². The number of hydrogen-bond donors (Lipinski definition) is 2. The number of carbonyl (C=O) groups is 1. The van der Waals surface area contributed by atoms with Crippen LogP contribution >= 0.6 is 11.6 Å². The summed E-state index contributed by atoms with van der Waals surface area (Å²) in [7, 11) is 0. The number of hydroxylamine groups is 1. The normalized spacial score (nSPS) is 9.77. The zero-order chi connectivity index (χ0) is 9.84. The summed E-state index contributed by atoms with van der Waals surface area (Å²) < 4.78 is 0. The summed E-state index contributed by atoms with van der Waals surface area (Å²) >= 11 is 5.62. The van der Waals surface area contributed by atoms with E-state index in [0.717, 1.165) is 0 Å². The number of aliphatic hydroxyl groups is 1. The lowest BCUT2D eigenvalue weighted by Crippen LogP contribution is -2.20. The van der Waals surface area contributed by atoms with Crippen LogP contribution in [0.4, 0.5) is 5.69 Å².